The highest BCUT2D eigenvalue weighted by Crippen LogP contribution is 2.22. The van der Waals surface area contributed by atoms with Crippen molar-refractivity contribution in [2.45, 2.75) is 13.3 Å². The average Bonchev–Trinajstić information content (AvgIpc) is 2.16. The molecule has 0 radical (unpaired) electrons. The first-order valence-electron chi connectivity index (χ1n) is 4.05. The Morgan fingerprint density at radius 2 is 2.23 bits per heavy atom. The molecule has 0 bridgehead atoms. The summed E-state index contributed by atoms with van der Waals surface area (Å²) in [5.41, 5.74) is 1.71. The van der Waals surface area contributed by atoms with Gasteiger partial charge in [0, 0.05) is 0 Å². The second-order valence-corrected chi connectivity index (χ2v) is 3.38. The van der Waals surface area contributed by atoms with E-state index in [1.54, 1.807) is 7.11 Å². The van der Waals surface area contributed by atoms with Gasteiger partial charge in [-0.25, -0.2) is 0 Å². The molecule has 1 rings (SSSR count). The first kappa shape index (κ1) is 10.3. The number of carbonyl (C=O) groups is 1. The largest absolute Gasteiger partial charge is 0.496 e. The van der Waals surface area contributed by atoms with Gasteiger partial charge >= 0.3 is 0 Å². The number of benzene rings is 1. The highest BCUT2D eigenvalue weighted by molar-refractivity contribution is 9.18. The third-order valence-electron chi connectivity index (χ3n) is 1.88. The molecule has 13 heavy (non-hydrogen) atoms. The topological polar surface area (TPSA) is 26.3 Å². The Labute approximate surface area is 86.0 Å². The lowest BCUT2D eigenvalue weighted by Crippen LogP contribution is -1.96. The number of methoxy groups -OCH3 is 1. The van der Waals surface area contributed by atoms with Crippen molar-refractivity contribution in [2.75, 3.05) is 7.11 Å². The zero-order valence-electron chi connectivity index (χ0n) is 7.63. The summed E-state index contributed by atoms with van der Waals surface area (Å²) in [7, 11) is 1.56. The molecule has 2 nitrogen and oxygen atoms in total. The summed E-state index contributed by atoms with van der Waals surface area (Å²) in [6.07, 6.45) is 0.914. The third-order valence-corrected chi connectivity index (χ3v) is 2.31. The SMILES string of the molecule is CCc1ccc(OC)c(C(=O)Br)c1. The predicted octanol–water partition coefficient (Wildman–Crippen LogP) is 2.79. The van der Waals surface area contributed by atoms with Crippen molar-refractivity contribution in [1.82, 2.24) is 0 Å². The summed E-state index contributed by atoms with van der Waals surface area (Å²) < 4.78 is 4.92. The first-order chi connectivity index (χ1) is 6.19. The Morgan fingerprint density at radius 3 is 2.69 bits per heavy atom. The molecule has 0 aromatic heterocycles. The minimum absolute atomic E-state index is 0.139. The van der Waals surface area contributed by atoms with Gasteiger partial charge in [-0.1, -0.05) is 13.0 Å². The summed E-state index contributed by atoms with van der Waals surface area (Å²) in [4.78, 5) is 11.1. The number of carbonyl (C=O) groups excluding carboxylic acids is 1. The lowest BCUT2D eigenvalue weighted by atomic mass is 10.1. The minimum Gasteiger partial charge on any atom is -0.496 e. The van der Waals surface area contributed by atoms with E-state index in [0.717, 1.165) is 12.0 Å². The van der Waals surface area contributed by atoms with Crippen LogP contribution in [0.2, 0.25) is 0 Å². The van der Waals surface area contributed by atoms with E-state index < -0.39 is 0 Å². The van der Waals surface area contributed by atoms with Gasteiger partial charge in [0.2, 0.25) is 4.69 Å². The molecule has 0 fully saturated rings. The predicted molar refractivity (Wildman–Crippen MR) is 55.6 cm³/mol. The van der Waals surface area contributed by atoms with Crippen LogP contribution in [-0.4, -0.2) is 11.8 Å². The summed E-state index contributed by atoms with van der Waals surface area (Å²) in [5, 5.41) is 0. The molecular formula is C10H11BrO2. The van der Waals surface area contributed by atoms with Crippen molar-refractivity contribution in [3.63, 3.8) is 0 Å². The molecule has 0 aliphatic rings. The van der Waals surface area contributed by atoms with Crippen LogP contribution in [0.1, 0.15) is 22.8 Å². The van der Waals surface area contributed by atoms with E-state index in [1.165, 1.54) is 0 Å². The quantitative estimate of drug-likeness (QED) is 0.763. The van der Waals surface area contributed by atoms with Crippen molar-refractivity contribution in [3.05, 3.63) is 29.3 Å². The second-order valence-electron chi connectivity index (χ2n) is 2.66. The lowest BCUT2D eigenvalue weighted by Gasteiger charge is -2.06. The van der Waals surface area contributed by atoms with Crippen LogP contribution in [-0.2, 0) is 6.42 Å². The Hall–Kier alpha value is -0.830. The van der Waals surface area contributed by atoms with E-state index >= 15 is 0 Å². The molecule has 0 saturated carbocycles. The Morgan fingerprint density at radius 1 is 1.54 bits per heavy atom. The molecule has 0 aliphatic heterocycles. The molecule has 0 unspecified atom stereocenters. The smallest absolute Gasteiger partial charge is 0.231 e. The van der Waals surface area contributed by atoms with Crippen molar-refractivity contribution < 1.29 is 9.53 Å². The molecule has 0 saturated heterocycles. The normalized spacial score (nSPS) is 9.77. The van der Waals surface area contributed by atoms with Crippen LogP contribution in [0.4, 0.5) is 0 Å². The Balaban J connectivity index is 3.18. The second kappa shape index (κ2) is 4.42. The summed E-state index contributed by atoms with van der Waals surface area (Å²) in [6, 6.07) is 5.61. The lowest BCUT2D eigenvalue weighted by molar-refractivity contribution is 0.109. The van der Waals surface area contributed by atoms with Crippen LogP contribution in [0, 0.1) is 0 Å². The molecule has 0 amide bonds. The Kier molecular flexibility index (Phi) is 3.48. The maximum atomic E-state index is 11.1. The fourth-order valence-corrected chi connectivity index (χ4v) is 1.44. The van der Waals surface area contributed by atoms with E-state index in [4.69, 9.17) is 4.74 Å². The highest BCUT2D eigenvalue weighted by Gasteiger charge is 2.09. The number of hydrogen-bond donors (Lipinski definition) is 0. The van der Waals surface area contributed by atoms with Gasteiger partial charge in [0.25, 0.3) is 0 Å². The maximum absolute atomic E-state index is 11.1. The summed E-state index contributed by atoms with van der Waals surface area (Å²) in [6.45, 7) is 2.05. The van der Waals surface area contributed by atoms with Gasteiger partial charge in [-0.05, 0) is 40.0 Å². The molecule has 1 aromatic rings. The van der Waals surface area contributed by atoms with Crippen LogP contribution >= 0.6 is 15.9 Å². The Bertz CT molecular complexity index is 321. The van der Waals surface area contributed by atoms with Crippen molar-refractivity contribution in [2.24, 2.45) is 0 Å². The van der Waals surface area contributed by atoms with Gasteiger partial charge in [-0.15, -0.1) is 0 Å². The fourth-order valence-electron chi connectivity index (χ4n) is 1.13. The number of halogens is 1. The first-order valence-corrected chi connectivity index (χ1v) is 4.85. The number of rotatable bonds is 3. The van der Waals surface area contributed by atoms with E-state index in [2.05, 4.69) is 15.9 Å². The van der Waals surface area contributed by atoms with Crippen LogP contribution in [0.5, 0.6) is 5.75 Å². The molecule has 0 N–H and O–H groups in total. The highest BCUT2D eigenvalue weighted by atomic mass is 79.9. The van der Waals surface area contributed by atoms with Crippen LogP contribution in [0.15, 0.2) is 18.2 Å². The van der Waals surface area contributed by atoms with Gasteiger partial charge in [-0.3, -0.25) is 4.79 Å². The number of hydrogen-bond acceptors (Lipinski definition) is 2. The molecular weight excluding hydrogens is 232 g/mol. The summed E-state index contributed by atoms with van der Waals surface area (Å²) >= 11 is 2.92. The zero-order valence-corrected chi connectivity index (χ0v) is 9.22. The minimum atomic E-state index is -0.139. The van der Waals surface area contributed by atoms with Crippen LogP contribution in [0.25, 0.3) is 0 Å². The monoisotopic (exact) mass is 242 g/mol. The molecule has 0 atom stereocenters. The fraction of sp³-hybridized carbons (Fsp3) is 0.300. The van der Waals surface area contributed by atoms with E-state index in [0.29, 0.717) is 11.3 Å². The van der Waals surface area contributed by atoms with Gasteiger partial charge in [0.15, 0.2) is 0 Å². The molecule has 70 valence electrons. The molecule has 0 spiro atoms. The molecule has 0 aliphatic carbocycles. The zero-order chi connectivity index (χ0) is 9.84. The average molecular weight is 243 g/mol. The van der Waals surface area contributed by atoms with Gasteiger partial charge in [0.05, 0.1) is 12.7 Å². The number of aryl methyl sites for hydroxylation is 1. The van der Waals surface area contributed by atoms with Gasteiger partial charge in [0.1, 0.15) is 5.75 Å². The van der Waals surface area contributed by atoms with Gasteiger partial charge in [-0.2, -0.15) is 0 Å². The molecule has 3 heteroatoms. The molecule has 1 aromatic carbocycles. The van der Waals surface area contributed by atoms with E-state index in [9.17, 15) is 4.79 Å². The van der Waals surface area contributed by atoms with E-state index in [-0.39, 0.29) is 4.69 Å². The van der Waals surface area contributed by atoms with Crippen LogP contribution < -0.4 is 4.74 Å². The third kappa shape index (κ3) is 2.31. The summed E-state index contributed by atoms with van der Waals surface area (Å²) in [5.74, 6) is 0.610. The molecule has 0 heterocycles. The van der Waals surface area contributed by atoms with E-state index in [1.807, 2.05) is 25.1 Å². The van der Waals surface area contributed by atoms with Crippen molar-refractivity contribution in [3.8, 4) is 5.75 Å². The number of ether oxygens (including phenoxy) is 1. The standard InChI is InChI=1S/C10H11BrO2/c1-3-7-4-5-9(13-2)8(6-7)10(11)12/h4-6H,3H2,1-2H3. The van der Waals surface area contributed by atoms with Gasteiger partial charge < -0.3 is 4.74 Å². The van der Waals surface area contributed by atoms with Crippen molar-refractivity contribution >= 4 is 20.6 Å². The maximum Gasteiger partial charge on any atom is 0.231 e. The van der Waals surface area contributed by atoms with Crippen molar-refractivity contribution in [1.29, 1.82) is 0 Å². The van der Waals surface area contributed by atoms with Crippen LogP contribution in [0.3, 0.4) is 0 Å².